The Labute approximate surface area is 131 Å². The van der Waals surface area contributed by atoms with Crippen molar-refractivity contribution in [2.75, 3.05) is 13.7 Å². The number of likely N-dealkylation sites (tertiary alicyclic amines) is 1. The third-order valence-corrected chi connectivity index (χ3v) is 4.26. The maximum atomic E-state index is 12.8. The van der Waals surface area contributed by atoms with Crippen LogP contribution >= 0.6 is 0 Å². The van der Waals surface area contributed by atoms with E-state index in [1.807, 2.05) is 53.4 Å². The smallest absolute Gasteiger partial charge is 0.254 e. The lowest BCUT2D eigenvalue weighted by molar-refractivity contribution is 0.0611. The lowest BCUT2D eigenvalue weighted by Gasteiger charge is -2.36. The molecule has 1 aliphatic heterocycles. The summed E-state index contributed by atoms with van der Waals surface area (Å²) in [5, 5.41) is 0. The molecule has 0 radical (unpaired) electrons. The molecule has 22 heavy (non-hydrogen) atoms. The van der Waals surface area contributed by atoms with Gasteiger partial charge in [-0.1, -0.05) is 30.3 Å². The van der Waals surface area contributed by atoms with Crippen molar-refractivity contribution in [3.05, 3.63) is 65.7 Å². The van der Waals surface area contributed by atoms with Crippen LogP contribution in [0.4, 0.5) is 0 Å². The van der Waals surface area contributed by atoms with Crippen molar-refractivity contribution in [1.29, 1.82) is 0 Å². The standard InChI is InChI=1S/C19H21NO2/c1-22-17-11-7-10-16(14-17)18-12-5-6-13-20(18)19(21)15-8-3-2-4-9-15/h2-4,7-11,14,18H,5-6,12-13H2,1H3/t18-/m1/s1. The summed E-state index contributed by atoms with van der Waals surface area (Å²) in [5.41, 5.74) is 1.92. The molecule has 0 bridgehead atoms. The van der Waals surface area contributed by atoms with Crippen LogP contribution in [0.1, 0.15) is 41.2 Å². The minimum absolute atomic E-state index is 0.119. The molecule has 2 aromatic rings. The SMILES string of the molecule is COc1cccc([C@H]2CCCCN2C(=O)c2ccccc2)c1. The molecule has 0 aliphatic carbocycles. The number of ether oxygens (including phenoxy) is 1. The molecule has 114 valence electrons. The maximum absolute atomic E-state index is 12.8. The van der Waals surface area contributed by atoms with E-state index in [2.05, 4.69) is 6.07 Å². The van der Waals surface area contributed by atoms with Crippen molar-refractivity contribution in [3.8, 4) is 5.75 Å². The van der Waals surface area contributed by atoms with E-state index in [9.17, 15) is 4.79 Å². The summed E-state index contributed by atoms with van der Waals surface area (Å²) in [6, 6.07) is 17.7. The van der Waals surface area contributed by atoms with Gasteiger partial charge >= 0.3 is 0 Å². The van der Waals surface area contributed by atoms with Gasteiger partial charge in [0.05, 0.1) is 13.2 Å². The molecule has 0 unspecified atom stereocenters. The van der Waals surface area contributed by atoms with Crippen LogP contribution in [-0.2, 0) is 0 Å². The van der Waals surface area contributed by atoms with Crippen LogP contribution in [0, 0.1) is 0 Å². The number of piperidine rings is 1. The van der Waals surface area contributed by atoms with Crippen LogP contribution in [0.15, 0.2) is 54.6 Å². The van der Waals surface area contributed by atoms with Crippen LogP contribution in [-0.4, -0.2) is 24.5 Å². The molecule has 0 N–H and O–H groups in total. The minimum atomic E-state index is 0.119. The lowest BCUT2D eigenvalue weighted by atomic mass is 9.94. The number of hydrogen-bond acceptors (Lipinski definition) is 2. The van der Waals surface area contributed by atoms with E-state index >= 15 is 0 Å². The highest BCUT2D eigenvalue weighted by molar-refractivity contribution is 5.94. The fourth-order valence-corrected chi connectivity index (χ4v) is 3.12. The Hall–Kier alpha value is -2.29. The number of rotatable bonds is 3. The second-order valence-corrected chi connectivity index (χ2v) is 5.65. The van der Waals surface area contributed by atoms with Crippen molar-refractivity contribution in [3.63, 3.8) is 0 Å². The first-order valence-corrected chi connectivity index (χ1v) is 7.79. The molecule has 1 saturated heterocycles. The van der Waals surface area contributed by atoms with E-state index < -0.39 is 0 Å². The molecule has 1 aliphatic rings. The topological polar surface area (TPSA) is 29.5 Å². The Morgan fingerprint density at radius 3 is 2.68 bits per heavy atom. The van der Waals surface area contributed by atoms with E-state index in [4.69, 9.17) is 4.74 Å². The van der Waals surface area contributed by atoms with Gasteiger partial charge in [-0.2, -0.15) is 0 Å². The van der Waals surface area contributed by atoms with Gasteiger partial charge in [0.1, 0.15) is 5.75 Å². The fraction of sp³-hybridized carbons (Fsp3) is 0.316. The van der Waals surface area contributed by atoms with E-state index in [1.54, 1.807) is 7.11 Å². The second kappa shape index (κ2) is 6.65. The molecule has 1 atom stereocenters. The molecule has 1 heterocycles. The van der Waals surface area contributed by atoms with Gasteiger partial charge in [0.15, 0.2) is 0 Å². The first-order valence-electron chi connectivity index (χ1n) is 7.79. The first-order chi connectivity index (χ1) is 10.8. The number of methoxy groups -OCH3 is 1. The Morgan fingerprint density at radius 1 is 1.09 bits per heavy atom. The van der Waals surface area contributed by atoms with E-state index in [-0.39, 0.29) is 11.9 Å². The van der Waals surface area contributed by atoms with Gasteiger partial charge in [-0.25, -0.2) is 0 Å². The molecule has 0 aromatic heterocycles. The molecular weight excluding hydrogens is 274 g/mol. The van der Waals surface area contributed by atoms with E-state index in [1.165, 1.54) is 0 Å². The largest absolute Gasteiger partial charge is 0.497 e. The first kappa shape index (κ1) is 14.6. The Bertz CT molecular complexity index is 639. The number of nitrogens with zero attached hydrogens (tertiary/aromatic N) is 1. The Kier molecular flexibility index (Phi) is 4.42. The number of hydrogen-bond donors (Lipinski definition) is 0. The predicted molar refractivity (Wildman–Crippen MR) is 87.1 cm³/mol. The molecule has 2 aromatic carbocycles. The monoisotopic (exact) mass is 295 g/mol. The average Bonchev–Trinajstić information content (AvgIpc) is 2.62. The maximum Gasteiger partial charge on any atom is 0.254 e. The fourth-order valence-electron chi connectivity index (χ4n) is 3.12. The number of carbonyl (C=O) groups excluding carboxylic acids is 1. The summed E-state index contributed by atoms with van der Waals surface area (Å²) in [6.07, 6.45) is 3.23. The van der Waals surface area contributed by atoms with Crippen LogP contribution < -0.4 is 4.74 Å². The Balaban J connectivity index is 1.89. The van der Waals surface area contributed by atoms with Crippen molar-refractivity contribution in [1.82, 2.24) is 4.90 Å². The summed E-state index contributed by atoms with van der Waals surface area (Å²) in [7, 11) is 1.67. The molecule has 3 rings (SSSR count). The lowest BCUT2D eigenvalue weighted by Crippen LogP contribution is -2.38. The van der Waals surface area contributed by atoms with Gasteiger partial charge in [-0.15, -0.1) is 0 Å². The second-order valence-electron chi connectivity index (χ2n) is 5.65. The summed E-state index contributed by atoms with van der Waals surface area (Å²) in [6.45, 7) is 0.815. The van der Waals surface area contributed by atoms with Gasteiger partial charge in [-0.3, -0.25) is 4.79 Å². The zero-order chi connectivity index (χ0) is 15.4. The number of benzene rings is 2. The van der Waals surface area contributed by atoms with E-state index in [0.29, 0.717) is 0 Å². The normalized spacial score (nSPS) is 18.0. The molecule has 0 saturated carbocycles. The van der Waals surface area contributed by atoms with Gasteiger partial charge < -0.3 is 9.64 Å². The third-order valence-electron chi connectivity index (χ3n) is 4.26. The highest BCUT2D eigenvalue weighted by Gasteiger charge is 2.28. The quantitative estimate of drug-likeness (QED) is 0.854. The van der Waals surface area contributed by atoms with Crippen molar-refractivity contribution < 1.29 is 9.53 Å². The summed E-state index contributed by atoms with van der Waals surface area (Å²) in [5.74, 6) is 0.961. The molecule has 1 fully saturated rings. The minimum Gasteiger partial charge on any atom is -0.497 e. The summed E-state index contributed by atoms with van der Waals surface area (Å²) >= 11 is 0. The third kappa shape index (κ3) is 2.98. The van der Waals surface area contributed by atoms with Gasteiger partial charge in [0.25, 0.3) is 5.91 Å². The zero-order valence-electron chi connectivity index (χ0n) is 12.9. The highest BCUT2D eigenvalue weighted by atomic mass is 16.5. The van der Waals surface area contributed by atoms with Crippen molar-refractivity contribution in [2.45, 2.75) is 25.3 Å². The zero-order valence-corrected chi connectivity index (χ0v) is 12.9. The van der Waals surface area contributed by atoms with Crippen LogP contribution in [0.25, 0.3) is 0 Å². The Morgan fingerprint density at radius 2 is 1.91 bits per heavy atom. The van der Waals surface area contributed by atoms with Gasteiger partial charge in [-0.05, 0) is 49.1 Å². The predicted octanol–water partition coefficient (Wildman–Crippen LogP) is 4.06. The van der Waals surface area contributed by atoms with Gasteiger partial charge in [0.2, 0.25) is 0 Å². The van der Waals surface area contributed by atoms with E-state index in [0.717, 1.165) is 42.7 Å². The molecule has 3 heteroatoms. The molecule has 0 spiro atoms. The number of carbonyl (C=O) groups is 1. The summed E-state index contributed by atoms with van der Waals surface area (Å²) in [4.78, 5) is 14.8. The van der Waals surface area contributed by atoms with Crippen LogP contribution in [0.3, 0.4) is 0 Å². The molecular formula is C19H21NO2. The van der Waals surface area contributed by atoms with Crippen LogP contribution in [0.5, 0.6) is 5.75 Å². The highest BCUT2D eigenvalue weighted by Crippen LogP contribution is 2.33. The van der Waals surface area contributed by atoms with Crippen LogP contribution in [0.2, 0.25) is 0 Å². The molecule has 1 amide bonds. The van der Waals surface area contributed by atoms with Crippen molar-refractivity contribution in [2.24, 2.45) is 0 Å². The number of amides is 1. The molecule has 3 nitrogen and oxygen atoms in total. The van der Waals surface area contributed by atoms with Crippen molar-refractivity contribution >= 4 is 5.91 Å². The average molecular weight is 295 g/mol. The summed E-state index contributed by atoms with van der Waals surface area (Å²) < 4.78 is 5.32. The van der Waals surface area contributed by atoms with Gasteiger partial charge in [0, 0.05) is 12.1 Å².